The normalized spacial score (nSPS) is 10.6. The van der Waals surface area contributed by atoms with Crippen LogP contribution in [0.1, 0.15) is 22.3 Å². The van der Waals surface area contributed by atoms with E-state index in [-0.39, 0.29) is 5.84 Å². The Morgan fingerprint density at radius 1 is 0.463 bits per heavy atom. The topological polar surface area (TPSA) is 124 Å². The van der Waals surface area contributed by atoms with Gasteiger partial charge in [0.15, 0.2) is 0 Å². The second kappa shape index (κ2) is 21.4. The number of nitrogen functional groups attached to an aromatic ring is 2. The fourth-order valence-electron chi connectivity index (χ4n) is 8.07. The van der Waals surface area contributed by atoms with E-state index in [1.54, 1.807) is 0 Å². The average molecular weight is 874 g/mol. The van der Waals surface area contributed by atoms with Gasteiger partial charge in [-0.25, -0.2) is 0 Å². The molecule has 8 N–H and O–H groups in total. The van der Waals surface area contributed by atoms with E-state index >= 15 is 0 Å². The van der Waals surface area contributed by atoms with E-state index in [2.05, 4.69) is 119 Å². The molecule has 67 heavy (non-hydrogen) atoms. The number of hydrogen-bond acceptors (Lipinski definition) is 4. The third kappa shape index (κ3) is 10.7. The number of aryl methyl sites for hydroxylation is 2. The minimum absolute atomic E-state index is 0.0271. The molecule has 0 amide bonds. The molecule has 0 bridgehead atoms. The Balaban J connectivity index is 0.000000225. The monoisotopic (exact) mass is 873 g/mol. The number of rotatable bonds is 7. The lowest BCUT2D eigenvalue weighted by molar-refractivity contribution is 1.07. The van der Waals surface area contributed by atoms with Crippen molar-refractivity contribution in [2.75, 3.05) is 11.1 Å². The second-order valence-corrected chi connectivity index (χ2v) is 16.2. The Kier molecular flexibility index (Phi) is 14.3. The molecule has 9 aromatic carbocycles. The summed E-state index contributed by atoms with van der Waals surface area (Å²) in [4.78, 5) is 0. The minimum Gasteiger partial charge on any atom is -0.384 e. The molecule has 330 valence electrons. The van der Waals surface area contributed by atoms with Crippen molar-refractivity contribution in [3.63, 3.8) is 0 Å². The largest absolute Gasteiger partial charge is 0.384 e. The first-order valence-corrected chi connectivity index (χ1v) is 22.4. The summed E-state index contributed by atoms with van der Waals surface area (Å²) in [5.74, 6) is 0.660. The zero-order chi connectivity index (χ0) is 46.5. The van der Waals surface area contributed by atoms with Crippen LogP contribution in [0, 0.1) is 19.3 Å². The number of nitrogens with zero attached hydrogens (tertiary/aromatic N) is 2. The summed E-state index contributed by atoms with van der Waals surface area (Å²) >= 11 is 0. The van der Waals surface area contributed by atoms with Gasteiger partial charge in [-0.15, -0.1) is 0 Å². The van der Waals surface area contributed by atoms with Crippen LogP contribution in [0.15, 0.2) is 237 Å². The van der Waals surface area contributed by atoms with Gasteiger partial charge in [0.2, 0.25) is 0 Å². The van der Waals surface area contributed by atoms with Crippen LogP contribution >= 0.6 is 0 Å². The summed E-state index contributed by atoms with van der Waals surface area (Å²) in [6.07, 6.45) is 0. The highest BCUT2D eigenvalue weighted by Crippen LogP contribution is 2.43. The fraction of sp³-hybridized carbons (Fsp3) is 0.0500. The van der Waals surface area contributed by atoms with Crippen molar-refractivity contribution in [3.05, 3.63) is 259 Å². The van der Waals surface area contributed by atoms with Gasteiger partial charge >= 0.3 is 0 Å². The quantitative estimate of drug-likeness (QED) is 0.0808. The standard InChI is InChI=1S/C39H30N6.C7H9N.2C7H8/c40-38(41)27-20-26(25-12-4-1-5-13-25)21-30(22-27)44-34-19-11-10-18-31(34)32-23-36-33(24-35(32)44)37(43-28-14-6-2-7-15-28)39(42)45(36)29-16-8-3-9-17-29;8-6-7-4-2-1-3-5-7;2*1-7-5-3-2-4-6-7/h1-24,43H,42H2,(H3,40,41);1-5H,6,8H2;2*2-6H,1H3. The predicted octanol–water partition coefficient (Wildman–Crippen LogP) is 14.1. The SMILES string of the molecule is Cc1ccccc1.Cc1ccccc1.N=C(N)c1cc(-c2ccccc2)cc(-n2c3ccccc3c3cc4c(cc32)c(Nc2ccccc2)c(N)n4-c2ccccc2)c1.NCc1ccccc1. The Hall–Kier alpha value is -8.65. The van der Waals surface area contributed by atoms with E-state index in [0.717, 1.165) is 66.6 Å². The van der Waals surface area contributed by atoms with Crippen LogP contribution in [0.4, 0.5) is 17.2 Å². The molecular weight excluding hydrogens is 819 g/mol. The second-order valence-electron chi connectivity index (χ2n) is 16.2. The van der Waals surface area contributed by atoms with Crippen molar-refractivity contribution < 1.29 is 0 Å². The van der Waals surface area contributed by atoms with Crippen molar-refractivity contribution in [1.82, 2.24) is 9.13 Å². The molecule has 0 unspecified atom stereocenters. The highest BCUT2D eigenvalue weighted by Gasteiger charge is 2.21. The van der Waals surface area contributed by atoms with Gasteiger partial charge in [-0.2, -0.15) is 0 Å². The van der Waals surface area contributed by atoms with E-state index in [1.165, 1.54) is 16.7 Å². The average Bonchev–Trinajstić information content (AvgIpc) is 3.84. The van der Waals surface area contributed by atoms with E-state index in [1.807, 2.05) is 146 Å². The molecule has 0 aliphatic rings. The van der Waals surface area contributed by atoms with E-state index in [9.17, 15) is 0 Å². The fourth-order valence-corrected chi connectivity index (χ4v) is 8.07. The van der Waals surface area contributed by atoms with Gasteiger partial charge in [-0.1, -0.05) is 187 Å². The van der Waals surface area contributed by atoms with Crippen molar-refractivity contribution in [3.8, 4) is 22.5 Å². The first-order chi connectivity index (χ1) is 32.8. The Morgan fingerprint density at radius 3 is 1.49 bits per heavy atom. The van der Waals surface area contributed by atoms with Crippen molar-refractivity contribution in [2.24, 2.45) is 11.5 Å². The number of nitrogens with two attached hydrogens (primary N) is 3. The molecule has 0 aliphatic heterocycles. The molecule has 0 radical (unpaired) electrons. The zero-order valence-electron chi connectivity index (χ0n) is 37.9. The van der Waals surface area contributed by atoms with E-state index in [0.29, 0.717) is 17.9 Å². The summed E-state index contributed by atoms with van der Waals surface area (Å²) in [7, 11) is 0. The molecule has 0 saturated heterocycles. The molecule has 11 aromatic rings. The Labute approximate surface area is 392 Å². The van der Waals surface area contributed by atoms with Gasteiger partial charge in [0.25, 0.3) is 0 Å². The number of benzene rings is 9. The number of para-hydroxylation sites is 3. The molecule has 11 rings (SSSR count). The lowest BCUT2D eigenvalue weighted by Crippen LogP contribution is -2.12. The highest BCUT2D eigenvalue weighted by molar-refractivity contribution is 6.17. The van der Waals surface area contributed by atoms with Crippen LogP contribution in [0.25, 0.3) is 55.2 Å². The van der Waals surface area contributed by atoms with Gasteiger partial charge in [0, 0.05) is 45.3 Å². The Morgan fingerprint density at radius 2 is 0.955 bits per heavy atom. The van der Waals surface area contributed by atoms with Crippen LogP contribution < -0.4 is 22.5 Å². The van der Waals surface area contributed by atoms with Crippen LogP contribution in [-0.4, -0.2) is 15.0 Å². The highest BCUT2D eigenvalue weighted by atomic mass is 15.1. The number of aromatic nitrogens is 2. The van der Waals surface area contributed by atoms with Gasteiger partial charge < -0.3 is 27.1 Å². The predicted molar refractivity (Wildman–Crippen MR) is 285 cm³/mol. The van der Waals surface area contributed by atoms with Crippen LogP contribution in [-0.2, 0) is 6.54 Å². The first-order valence-electron chi connectivity index (χ1n) is 22.4. The zero-order valence-corrected chi connectivity index (χ0v) is 37.9. The van der Waals surface area contributed by atoms with Gasteiger partial charge in [0.1, 0.15) is 11.7 Å². The summed E-state index contributed by atoms with van der Waals surface area (Å²) in [6.45, 7) is 4.81. The first kappa shape index (κ1) is 44.9. The molecule has 0 fully saturated rings. The van der Waals surface area contributed by atoms with Crippen molar-refractivity contribution in [1.29, 1.82) is 5.41 Å². The molecule has 0 spiro atoms. The lowest BCUT2D eigenvalue weighted by Gasteiger charge is -2.13. The van der Waals surface area contributed by atoms with Crippen molar-refractivity contribution in [2.45, 2.75) is 20.4 Å². The molecular formula is C60H55N7. The van der Waals surface area contributed by atoms with Crippen LogP contribution in [0.2, 0.25) is 0 Å². The summed E-state index contributed by atoms with van der Waals surface area (Å²) in [5.41, 5.74) is 31.8. The molecule has 2 heterocycles. The van der Waals surface area contributed by atoms with Crippen LogP contribution in [0.5, 0.6) is 0 Å². The third-order valence-corrected chi connectivity index (χ3v) is 11.4. The summed E-state index contributed by atoms with van der Waals surface area (Å²) in [6, 6.07) is 80.1. The third-order valence-electron chi connectivity index (χ3n) is 11.4. The molecule has 0 saturated carbocycles. The number of amidine groups is 1. The van der Waals surface area contributed by atoms with Gasteiger partial charge in [-0.3, -0.25) is 9.98 Å². The van der Waals surface area contributed by atoms with Gasteiger partial charge in [-0.05, 0) is 91.2 Å². The minimum atomic E-state index is 0.0271. The maximum absolute atomic E-state index is 8.34. The van der Waals surface area contributed by atoms with E-state index < -0.39 is 0 Å². The molecule has 7 nitrogen and oxygen atoms in total. The summed E-state index contributed by atoms with van der Waals surface area (Å²) in [5, 5.41) is 15.2. The maximum Gasteiger partial charge on any atom is 0.133 e. The van der Waals surface area contributed by atoms with E-state index in [4.69, 9.17) is 22.6 Å². The Bertz CT molecular complexity index is 3290. The number of nitrogens with one attached hydrogen (secondary N) is 2. The smallest absolute Gasteiger partial charge is 0.133 e. The van der Waals surface area contributed by atoms with Gasteiger partial charge in [0.05, 0.1) is 22.2 Å². The van der Waals surface area contributed by atoms with Crippen molar-refractivity contribution >= 4 is 55.7 Å². The summed E-state index contributed by atoms with van der Waals surface area (Å²) < 4.78 is 4.39. The molecule has 7 heteroatoms. The maximum atomic E-state index is 8.34. The van der Waals surface area contributed by atoms with Crippen LogP contribution in [0.3, 0.4) is 0 Å². The number of anilines is 3. The lowest BCUT2D eigenvalue weighted by atomic mass is 10.0. The molecule has 2 aromatic heterocycles. The molecule has 0 aliphatic carbocycles. The number of fused-ring (bicyclic) bond motifs is 4. The molecule has 0 atom stereocenters. The number of hydrogen-bond donors (Lipinski definition) is 5.